The number of ether oxygens (including phenoxy) is 2. The minimum Gasteiger partial charge on any atom is -0.497 e. The molecule has 1 aromatic heterocycles. The summed E-state index contributed by atoms with van der Waals surface area (Å²) in [5.74, 6) is 0.714. The number of aromatic amines is 1. The Labute approximate surface area is 174 Å². The molecule has 4 rings (SSSR count). The van der Waals surface area contributed by atoms with E-state index in [0.717, 1.165) is 24.2 Å². The SMILES string of the molecule is COc1cc(OC)cc(N2CCC(NC(=O)c3n[nH]c4c3CNCC4)C2=O)c1.Cl. The van der Waals surface area contributed by atoms with E-state index >= 15 is 0 Å². The molecular weight excluding hydrogens is 398 g/mol. The van der Waals surface area contributed by atoms with E-state index in [9.17, 15) is 9.59 Å². The standard InChI is InChI=1S/C19H23N5O4.ClH/c1-27-12-7-11(8-13(9-12)28-2)24-6-4-16(19(24)26)21-18(25)17-14-10-20-5-3-15(14)22-23-17;/h7-9,16,20H,3-6,10H2,1-2H3,(H,21,25)(H,22,23);1H. The number of H-pyrrole nitrogens is 1. The number of halogens is 1. The minimum atomic E-state index is -0.589. The molecule has 0 aliphatic carbocycles. The molecule has 156 valence electrons. The van der Waals surface area contributed by atoms with Crippen LogP contribution < -0.4 is 25.0 Å². The molecular formula is C19H24ClN5O4. The van der Waals surface area contributed by atoms with Crippen LogP contribution in [0.25, 0.3) is 0 Å². The van der Waals surface area contributed by atoms with Gasteiger partial charge in [-0.3, -0.25) is 14.7 Å². The van der Waals surface area contributed by atoms with E-state index in [0.29, 0.717) is 42.4 Å². The first-order valence-electron chi connectivity index (χ1n) is 9.23. The van der Waals surface area contributed by atoms with Crippen LogP contribution in [-0.2, 0) is 17.8 Å². The molecule has 0 spiro atoms. The van der Waals surface area contributed by atoms with Crippen molar-refractivity contribution in [2.75, 3.05) is 32.2 Å². The molecule has 1 fully saturated rings. The normalized spacial score (nSPS) is 18.1. The first kappa shape index (κ1) is 20.9. The van der Waals surface area contributed by atoms with Gasteiger partial charge in [-0.05, 0) is 6.42 Å². The first-order valence-corrected chi connectivity index (χ1v) is 9.23. The van der Waals surface area contributed by atoms with Crippen molar-refractivity contribution < 1.29 is 19.1 Å². The van der Waals surface area contributed by atoms with Crippen molar-refractivity contribution in [3.63, 3.8) is 0 Å². The van der Waals surface area contributed by atoms with Gasteiger partial charge in [-0.15, -0.1) is 12.4 Å². The van der Waals surface area contributed by atoms with Crippen molar-refractivity contribution in [1.29, 1.82) is 0 Å². The number of methoxy groups -OCH3 is 2. The number of aromatic nitrogens is 2. The van der Waals surface area contributed by atoms with Crippen LogP contribution in [0.3, 0.4) is 0 Å². The van der Waals surface area contributed by atoms with Gasteiger partial charge in [0, 0.05) is 55.5 Å². The summed E-state index contributed by atoms with van der Waals surface area (Å²) in [7, 11) is 3.12. The van der Waals surface area contributed by atoms with Gasteiger partial charge in [0.1, 0.15) is 17.5 Å². The summed E-state index contributed by atoms with van der Waals surface area (Å²) in [5, 5.41) is 13.2. The van der Waals surface area contributed by atoms with Crippen molar-refractivity contribution in [2.45, 2.75) is 25.4 Å². The Balaban J connectivity index is 0.00000240. The van der Waals surface area contributed by atoms with Gasteiger partial charge in [-0.1, -0.05) is 0 Å². The molecule has 3 N–H and O–H groups in total. The topological polar surface area (TPSA) is 109 Å². The third kappa shape index (κ3) is 4.01. The lowest BCUT2D eigenvalue weighted by Crippen LogP contribution is -2.42. The molecule has 0 saturated carbocycles. The van der Waals surface area contributed by atoms with Gasteiger partial charge in [-0.2, -0.15) is 5.10 Å². The predicted octanol–water partition coefficient (Wildman–Crippen LogP) is 1.03. The Morgan fingerprint density at radius 3 is 2.66 bits per heavy atom. The zero-order chi connectivity index (χ0) is 19.7. The molecule has 2 amide bonds. The lowest BCUT2D eigenvalue weighted by Gasteiger charge is -2.19. The number of benzene rings is 1. The average Bonchev–Trinajstić information content (AvgIpc) is 3.31. The van der Waals surface area contributed by atoms with Gasteiger partial charge in [0.25, 0.3) is 5.91 Å². The van der Waals surface area contributed by atoms with Crippen molar-refractivity contribution in [3.05, 3.63) is 35.2 Å². The van der Waals surface area contributed by atoms with Crippen LogP contribution in [0.1, 0.15) is 28.2 Å². The van der Waals surface area contributed by atoms with Crippen LogP contribution in [0.5, 0.6) is 11.5 Å². The number of rotatable bonds is 5. The van der Waals surface area contributed by atoms with Crippen molar-refractivity contribution in [2.24, 2.45) is 0 Å². The number of carbonyl (C=O) groups is 2. The lowest BCUT2D eigenvalue weighted by molar-refractivity contribution is -0.118. The summed E-state index contributed by atoms with van der Waals surface area (Å²) in [5.41, 5.74) is 2.89. The quantitative estimate of drug-likeness (QED) is 0.665. The Bertz CT molecular complexity index is 894. The van der Waals surface area contributed by atoms with Crippen LogP contribution in [0, 0.1) is 0 Å². The zero-order valence-electron chi connectivity index (χ0n) is 16.3. The second-order valence-electron chi connectivity index (χ2n) is 6.83. The smallest absolute Gasteiger partial charge is 0.272 e. The van der Waals surface area contributed by atoms with E-state index in [1.165, 1.54) is 0 Å². The monoisotopic (exact) mass is 421 g/mol. The van der Waals surface area contributed by atoms with E-state index in [2.05, 4.69) is 20.8 Å². The third-order valence-electron chi connectivity index (χ3n) is 5.18. The largest absolute Gasteiger partial charge is 0.497 e. The van der Waals surface area contributed by atoms with Crippen LogP contribution >= 0.6 is 12.4 Å². The van der Waals surface area contributed by atoms with Gasteiger partial charge in [0.05, 0.1) is 19.9 Å². The highest BCUT2D eigenvalue weighted by Gasteiger charge is 2.35. The fraction of sp³-hybridized carbons (Fsp3) is 0.421. The molecule has 1 saturated heterocycles. The Morgan fingerprint density at radius 2 is 1.97 bits per heavy atom. The Hall–Kier alpha value is -2.78. The maximum Gasteiger partial charge on any atom is 0.272 e. The third-order valence-corrected chi connectivity index (χ3v) is 5.18. The molecule has 2 aliphatic rings. The fourth-order valence-corrected chi connectivity index (χ4v) is 3.66. The maximum atomic E-state index is 12.9. The number of carbonyl (C=O) groups excluding carboxylic acids is 2. The summed E-state index contributed by atoms with van der Waals surface area (Å²) in [4.78, 5) is 27.2. The minimum absolute atomic E-state index is 0. The Morgan fingerprint density at radius 1 is 1.24 bits per heavy atom. The van der Waals surface area contributed by atoms with Crippen LogP contribution in [0.15, 0.2) is 18.2 Å². The molecule has 2 aliphatic heterocycles. The number of hydrogen-bond donors (Lipinski definition) is 3. The second kappa shape index (κ2) is 8.71. The van der Waals surface area contributed by atoms with Crippen molar-refractivity contribution >= 4 is 29.9 Å². The van der Waals surface area contributed by atoms with Crippen molar-refractivity contribution in [1.82, 2.24) is 20.8 Å². The van der Waals surface area contributed by atoms with Crippen LogP contribution in [-0.4, -0.2) is 55.4 Å². The van der Waals surface area contributed by atoms with Crippen LogP contribution in [0.4, 0.5) is 5.69 Å². The van der Waals surface area contributed by atoms with Gasteiger partial charge in [-0.25, -0.2) is 0 Å². The number of hydrogen-bond acceptors (Lipinski definition) is 6. The summed E-state index contributed by atoms with van der Waals surface area (Å²) in [6, 6.07) is 4.72. The summed E-state index contributed by atoms with van der Waals surface area (Å²) in [6.07, 6.45) is 1.33. The number of anilines is 1. The molecule has 9 nitrogen and oxygen atoms in total. The first-order chi connectivity index (χ1) is 13.6. The maximum absolute atomic E-state index is 12.9. The molecule has 2 aromatic rings. The second-order valence-corrected chi connectivity index (χ2v) is 6.83. The number of nitrogens with one attached hydrogen (secondary N) is 3. The number of fused-ring (bicyclic) bond motifs is 1. The van der Waals surface area contributed by atoms with Gasteiger partial charge in [0.2, 0.25) is 5.91 Å². The molecule has 1 unspecified atom stereocenters. The summed E-state index contributed by atoms with van der Waals surface area (Å²) in [6.45, 7) is 1.96. The number of amides is 2. The van der Waals surface area contributed by atoms with Gasteiger partial charge in [0.15, 0.2) is 5.69 Å². The highest BCUT2D eigenvalue weighted by Crippen LogP contribution is 2.31. The highest BCUT2D eigenvalue weighted by atomic mass is 35.5. The van der Waals surface area contributed by atoms with E-state index in [-0.39, 0.29) is 24.2 Å². The molecule has 10 heteroatoms. The van der Waals surface area contributed by atoms with Gasteiger partial charge < -0.3 is 25.0 Å². The predicted molar refractivity (Wildman–Crippen MR) is 109 cm³/mol. The Kier molecular flexibility index (Phi) is 6.29. The highest BCUT2D eigenvalue weighted by molar-refractivity contribution is 6.04. The summed E-state index contributed by atoms with van der Waals surface area (Å²) >= 11 is 0. The molecule has 29 heavy (non-hydrogen) atoms. The average molecular weight is 422 g/mol. The zero-order valence-corrected chi connectivity index (χ0v) is 17.1. The van der Waals surface area contributed by atoms with E-state index < -0.39 is 6.04 Å². The van der Waals surface area contributed by atoms with E-state index in [1.54, 1.807) is 37.3 Å². The van der Waals surface area contributed by atoms with E-state index in [1.807, 2.05) is 0 Å². The summed E-state index contributed by atoms with van der Waals surface area (Å²) < 4.78 is 10.6. The molecule has 1 aromatic carbocycles. The fourth-order valence-electron chi connectivity index (χ4n) is 3.66. The molecule has 1 atom stereocenters. The van der Waals surface area contributed by atoms with E-state index in [4.69, 9.17) is 9.47 Å². The molecule has 3 heterocycles. The van der Waals surface area contributed by atoms with Gasteiger partial charge >= 0.3 is 0 Å². The van der Waals surface area contributed by atoms with Crippen LogP contribution in [0.2, 0.25) is 0 Å². The number of nitrogens with zero attached hydrogens (tertiary/aromatic N) is 2. The lowest BCUT2D eigenvalue weighted by atomic mass is 10.1. The molecule has 0 bridgehead atoms. The van der Waals surface area contributed by atoms with Crippen molar-refractivity contribution in [3.8, 4) is 11.5 Å². The molecule has 0 radical (unpaired) electrons.